The molecule has 0 aliphatic heterocycles. The molecule has 0 aliphatic rings. The zero-order valence-corrected chi connectivity index (χ0v) is 16.7. The summed E-state index contributed by atoms with van der Waals surface area (Å²) in [5.74, 6) is 1.20. The van der Waals surface area contributed by atoms with Crippen molar-refractivity contribution in [2.75, 3.05) is 6.61 Å². The molecule has 0 saturated heterocycles. The molecule has 3 rings (SSSR count). The first-order valence-corrected chi connectivity index (χ1v) is 10.6. The molecule has 3 aromatic carbocycles. The second-order valence-electron chi connectivity index (χ2n) is 7.07. The molecule has 5 heteroatoms. The summed E-state index contributed by atoms with van der Waals surface area (Å²) in [5.41, 5.74) is 1.24. The Bertz CT molecular complexity index is 1010. The van der Waals surface area contributed by atoms with Crippen molar-refractivity contribution in [1.29, 1.82) is 0 Å². The molecule has 0 aromatic heterocycles. The van der Waals surface area contributed by atoms with Gasteiger partial charge in [-0.2, -0.15) is 0 Å². The molecule has 142 valence electrons. The molecule has 0 aliphatic carbocycles. The molecule has 27 heavy (non-hydrogen) atoms. The first-order valence-electron chi connectivity index (χ1n) is 9.09. The maximum absolute atomic E-state index is 12.7. The van der Waals surface area contributed by atoms with Crippen molar-refractivity contribution < 1.29 is 13.2 Å². The van der Waals surface area contributed by atoms with Crippen LogP contribution in [0.1, 0.15) is 32.3 Å². The van der Waals surface area contributed by atoms with E-state index < -0.39 is 10.0 Å². The minimum absolute atomic E-state index is 0.258. The summed E-state index contributed by atoms with van der Waals surface area (Å²) < 4.78 is 33.7. The van der Waals surface area contributed by atoms with Crippen LogP contribution in [-0.2, 0) is 10.0 Å². The van der Waals surface area contributed by atoms with Gasteiger partial charge in [0.15, 0.2) is 0 Å². The number of hydrogen-bond acceptors (Lipinski definition) is 3. The van der Waals surface area contributed by atoms with Gasteiger partial charge < -0.3 is 4.74 Å². The van der Waals surface area contributed by atoms with Crippen molar-refractivity contribution in [2.45, 2.75) is 37.6 Å². The molecule has 0 radical (unpaired) electrons. The number of hydrogen-bond donors (Lipinski definition) is 1. The van der Waals surface area contributed by atoms with E-state index in [1.807, 2.05) is 54.6 Å². The van der Waals surface area contributed by atoms with Crippen molar-refractivity contribution >= 4 is 20.8 Å². The van der Waals surface area contributed by atoms with Gasteiger partial charge in [-0.3, -0.25) is 0 Å². The maximum Gasteiger partial charge on any atom is 0.240 e. The molecule has 0 bridgehead atoms. The fourth-order valence-corrected chi connectivity index (χ4v) is 4.13. The number of benzene rings is 3. The Kier molecular flexibility index (Phi) is 5.82. The molecule has 0 fully saturated rings. The fourth-order valence-electron chi connectivity index (χ4n) is 2.87. The van der Waals surface area contributed by atoms with Gasteiger partial charge in [-0.1, -0.05) is 56.3 Å². The van der Waals surface area contributed by atoms with Gasteiger partial charge in [-0.05, 0) is 53.4 Å². The van der Waals surface area contributed by atoms with E-state index in [0.29, 0.717) is 5.92 Å². The lowest BCUT2D eigenvalue weighted by atomic mass is 10.0. The molecule has 1 atom stereocenters. The largest absolute Gasteiger partial charge is 0.492 e. The summed E-state index contributed by atoms with van der Waals surface area (Å²) >= 11 is 0. The number of fused-ring (bicyclic) bond motifs is 1. The van der Waals surface area contributed by atoms with Crippen LogP contribution in [0.5, 0.6) is 5.75 Å². The third-order valence-corrected chi connectivity index (χ3v) is 6.02. The van der Waals surface area contributed by atoms with Gasteiger partial charge in [0.2, 0.25) is 10.0 Å². The SMILES string of the molecule is CC(C)c1ccc(OC[C@H](C)NS(=O)(=O)c2ccc3ccccc3c2)cc1. The van der Waals surface area contributed by atoms with Gasteiger partial charge >= 0.3 is 0 Å². The molecular weight excluding hydrogens is 358 g/mol. The minimum atomic E-state index is -3.60. The van der Waals surface area contributed by atoms with Crippen molar-refractivity contribution in [3.8, 4) is 5.75 Å². The second kappa shape index (κ2) is 8.11. The van der Waals surface area contributed by atoms with E-state index in [1.54, 1.807) is 19.1 Å². The van der Waals surface area contributed by atoms with E-state index in [4.69, 9.17) is 4.74 Å². The highest BCUT2D eigenvalue weighted by Crippen LogP contribution is 2.20. The Morgan fingerprint density at radius 1 is 0.889 bits per heavy atom. The topological polar surface area (TPSA) is 55.4 Å². The van der Waals surface area contributed by atoms with Crippen LogP contribution in [0.3, 0.4) is 0 Å². The van der Waals surface area contributed by atoms with E-state index >= 15 is 0 Å². The molecular formula is C22H25NO3S. The quantitative estimate of drug-likeness (QED) is 0.643. The summed E-state index contributed by atoms with van der Waals surface area (Å²) in [6.07, 6.45) is 0. The monoisotopic (exact) mass is 383 g/mol. The Morgan fingerprint density at radius 2 is 1.56 bits per heavy atom. The molecule has 0 unspecified atom stereocenters. The minimum Gasteiger partial charge on any atom is -0.492 e. The molecule has 0 heterocycles. The highest BCUT2D eigenvalue weighted by Gasteiger charge is 2.18. The molecule has 1 N–H and O–H groups in total. The van der Waals surface area contributed by atoms with Crippen LogP contribution >= 0.6 is 0 Å². The van der Waals surface area contributed by atoms with Crippen LogP contribution < -0.4 is 9.46 Å². The standard InChI is InChI=1S/C22H25NO3S/c1-16(2)18-8-11-21(12-9-18)26-15-17(3)23-27(24,25)22-13-10-19-6-4-5-7-20(19)14-22/h4-14,16-17,23H,15H2,1-3H3/t17-/m0/s1. The zero-order valence-electron chi connectivity index (χ0n) is 15.8. The van der Waals surface area contributed by atoms with Crippen LogP contribution in [0, 0.1) is 0 Å². The van der Waals surface area contributed by atoms with E-state index in [2.05, 4.69) is 18.6 Å². The van der Waals surface area contributed by atoms with Gasteiger partial charge in [-0.25, -0.2) is 13.1 Å². The molecule has 0 spiro atoms. The first-order chi connectivity index (χ1) is 12.8. The van der Waals surface area contributed by atoms with E-state index in [1.165, 1.54) is 5.56 Å². The summed E-state index contributed by atoms with van der Waals surface area (Å²) in [7, 11) is -3.60. The second-order valence-corrected chi connectivity index (χ2v) is 8.78. The molecule has 0 saturated carbocycles. The molecule has 3 aromatic rings. The lowest BCUT2D eigenvalue weighted by Gasteiger charge is -2.16. The Balaban J connectivity index is 1.64. The van der Waals surface area contributed by atoms with Crippen LogP contribution in [0.2, 0.25) is 0 Å². The Morgan fingerprint density at radius 3 is 2.22 bits per heavy atom. The zero-order chi connectivity index (χ0) is 19.4. The Hall–Kier alpha value is -2.37. The van der Waals surface area contributed by atoms with E-state index in [0.717, 1.165) is 16.5 Å². The van der Waals surface area contributed by atoms with E-state index in [9.17, 15) is 8.42 Å². The van der Waals surface area contributed by atoms with E-state index in [-0.39, 0.29) is 17.5 Å². The van der Waals surface area contributed by atoms with Crippen LogP contribution in [0.4, 0.5) is 0 Å². The van der Waals surface area contributed by atoms with Crippen molar-refractivity contribution in [1.82, 2.24) is 4.72 Å². The lowest BCUT2D eigenvalue weighted by Crippen LogP contribution is -2.36. The third-order valence-electron chi connectivity index (χ3n) is 4.43. The van der Waals surface area contributed by atoms with Crippen LogP contribution in [-0.4, -0.2) is 21.1 Å². The summed E-state index contributed by atoms with van der Waals surface area (Å²) in [6, 6.07) is 20.4. The average Bonchev–Trinajstić information content (AvgIpc) is 2.66. The normalized spacial score (nSPS) is 13.0. The summed E-state index contributed by atoms with van der Waals surface area (Å²) in [5, 5.41) is 1.91. The van der Waals surface area contributed by atoms with Gasteiger partial charge in [-0.15, -0.1) is 0 Å². The molecule has 0 amide bonds. The fraction of sp³-hybridized carbons (Fsp3) is 0.273. The average molecular weight is 384 g/mol. The number of ether oxygens (including phenoxy) is 1. The highest BCUT2D eigenvalue weighted by molar-refractivity contribution is 7.89. The number of rotatable bonds is 7. The van der Waals surface area contributed by atoms with Gasteiger partial charge in [0, 0.05) is 0 Å². The number of nitrogens with one attached hydrogen (secondary N) is 1. The van der Waals surface area contributed by atoms with Gasteiger partial charge in [0.05, 0.1) is 10.9 Å². The first kappa shape index (κ1) is 19.4. The van der Waals surface area contributed by atoms with Crippen molar-refractivity contribution in [2.24, 2.45) is 0 Å². The highest BCUT2D eigenvalue weighted by atomic mass is 32.2. The third kappa shape index (κ3) is 4.87. The lowest BCUT2D eigenvalue weighted by molar-refractivity contribution is 0.287. The maximum atomic E-state index is 12.7. The molecule has 4 nitrogen and oxygen atoms in total. The van der Waals surface area contributed by atoms with Gasteiger partial charge in [0.1, 0.15) is 12.4 Å². The predicted molar refractivity (Wildman–Crippen MR) is 110 cm³/mol. The van der Waals surface area contributed by atoms with Crippen molar-refractivity contribution in [3.63, 3.8) is 0 Å². The predicted octanol–water partition coefficient (Wildman–Crippen LogP) is 4.71. The number of sulfonamides is 1. The Labute approximate surface area is 161 Å². The van der Waals surface area contributed by atoms with Crippen molar-refractivity contribution in [3.05, 3.63) is 72.3 Å². The van der Waals surface area contributed by atoms with Crippen LogP contribution in [0.25, 0.3) is 10.8 Å². The van der Waals surface area contributed by atoms with Crippen LogP contribution in [0.15, 0.2) is 71.6 Å². The van der Waals surface area contributed by atoms with Gasteiger partial charge in [0.25, 0.3) is 0 Å². The summed E-state index contributed by atoms with van der Waals surface area (Å²) in [6.45, 7) is 6.33. The summed E-state index contributed by atoms with van der Waals surface area (Å²) in [4.78, 5) is 0.259. The smallest absolute Gasteiger partial charge is 0.240 e.